The van der Waals surface area contributed by atoms with Gasteiger partial charge < -0.3 is 0 Å². The molecule has 2 atom stereocenters. The summed E-state index contributed by atoms with van der Waals surface area (Å²) in [5, 5.41) is 22.2. The van der Waals surface area contributed by atoms with Crippen LogP contribution in [0.5, 0.6) is 0 Å². The standard InChI is InChI=1S/C13H14N2S2/c1-10(16-8-14)13(11(2)17-9-15)12-6-4-3-5-7-12/h3-7,10-11,13H,1-2H3. The monoisotopic (exact) mass is 262 g/mol. The first-order valence-corrected chi connectivity index (χ1v) is 7.11. The highest BCUT2D eigenvalue weighted by molar-refractivity contribution is 8.05. The lowest BCUT2D eigenvalue weighted by atomic mass is 9.93. The van der Waals surface area contributed by atoms with Crippen LogP contribution in [-0.4, -0.2) is 10.5 Å². The number of hydrogen-bond donors (Lipinski definition) is 0. The van der Waals surface area contributed by atoms with Gasteiger partial charge in [-0.15, -0.1) is 0 Å². The Morgan fingerprint density at radius 2 is 1.41 bits per heavy atom. The van der Waals surface area contributed by atoms with Gasteiger partial charge in [0.25, 0.3) is 0 Å². The number of thiocyanates is 2. The molecule has 0 aliphatic rings. The van der Waals surface area contributed by atoms with Gasteiger partial charge in [-0.3, -0.25) is 0 Å². The smallest absolute Gasteiger partial charge is 0.133 e. The highest BCUT2D eigenvalue weighted by atomic mass is 32.2. The van der Waals surface area contributed by atoms with E-state index in [4.69, 9.17) is 10.5 Å². The number of hydrogen-bond acceptors (Lipinski definition) is 4. The summed E-state index contributed by atoms with van der Waals surface area (Å²) < 4.78 is 0. The van der Waals surface area contributed by atoms with E-state index >= 15 is 0 Å². The van der Waals surface area contributed by atoms with E-state index in [1.165, 1.54) is 29.1 Å². The normalized spacial score (nSPS) is 15.3. The lowest BCUT2D eigenvalue weighted by Crippen LogP contribution is -2.21. The first kappa shape index (κ1) is 14.0. The van der Waals surface area contributed by atoms with Gasteiger partial charge in [0.05, 0.1) is 0 Å². The van der Waals surface area contributed by atoms with Crippen LogP contribution in [0.1, 0.15) is 25.3 Å². The Balaban J connectivity index is 2.95. The van der Waals surface area contributed by atoms with Crippen LogP contribution in [0.4, 0.5) is 0 Å². The van der Waals surface area contributed by atoms with Gasteiger partial charge in [0.1, 0.15) is 10.8 Å². The molecule has 17 heavy (non-hydrogen) atoms. The third kappa shape index (κ3) is 4.00. The van der Waals surface area contributed by atoms with E-state index in [-0.39, 0.29) is 16.4 Å². The molecular formula is C13H14N2S2. The van der Waals surface area contributed by atoms with Crippen molar-refractivity contribution in [1.82, 2.24) is 0 Å². The Bertz CT molecular complexity index is 397. The highest BCUT2D eigenvalue weighted by Gasteiger charge is 2.26. The fourth-order valence-corrected chi connectivity index (χ4v) is 3.42. The molecule has 0 heterocycles. The molecule has 2 unspecified atom stereocenters. The summed E-state index contributed by atoms with van der Waals surface area (Å²) in [6, 6.07) is 10.1. The van der Waals surface area contributed by atoms with Crippen LogP contribution in [0.15, 0.2) is 30.3 Å². The average molecular weight is 262 g/mol. The van der Waals surface area contributed by atoms with Gasteiger partial charge >= 0.3 is 0 Å². The van der Waals surface area contributed by atoms with Crippen LogP contribution in [-0.2, 0) is 0 Å². The van der Waals surface area contributed by atoms with Crippen LogP contribution in [0.2, 0.25) is 0 Å². The molecule has 4 heteroatoms. The summed E-state index contributed by atoms with van der Waals surface area (Å²) in [4.78, 5) is 0. The van der Waals surface area contributed by atoms with Crippen molar-refractivity contribution in [2.24, 2.45) is 0 Å². The van der Waals surface area contributed by atoms with E-state index < -0.39 is 0 Å². The zero-order valence-corrected chi connectivity index (χ0v) is 11.5. The van der Waals surface area contributed by atoms with Gasteiger partial charge in [0.15, 0.2) is 0 Å². The molecule has 0 saturated carbocycles. The zero-order valence-electron chi connectivity index (χ0n) is 9.83. The molecule has 0 bridgehead atoms. The fraction of sp³-hybridized carbons (Fsp3) is 0.385. The van der Waals surface area contributed by atoms with Gasteiger partial charge in [-0.1, -0.05) is 44.2 Å². The number of benzene rings is 1. The van der Waals surface area contributed by atoms with Crippen LogP contribution in [0.3, 0.4) is 0 Å². The average Bonchev–Trinajstić information content (AvgIpc) is 2.31. The molecule has 0 N–H and O–H groups in total. The topological polar surface area (TPSA) is 47.6 Å². The number of nitrogens with zero attached hydrogens (tertiary/aromatic N) is 2. The molecule has 0 saturated heterocycles. The van der Waals surface area contributed by atoms with Crippen LogP contribution in [0, 0.1) is 21.3 Å². The maximum absolute atomic E-state index is 8.79. The van der Waals surface area contributed by atoms with Gasteiger partial charge in [0.2, 0.25) is 0 Å². The summed E-state index contributed by atoms with van der Waals surface area (Å²) in [5.41, 5.74) is 1.19. The van der Waals surface area contributed by atoms with Crippen molar-refractivity contribution in [3.63, 3.8) is 0 Å². The largest absolute Gasteiger partial charge is 0.185 e. The molecule has 1 aromatic carbocycles. The van der Waals surface area contributed by atoms with Crippen molar-refractivity contribution >= 4 is 23.5 Å². The molecule has 0 aliphatic heterocycles. The molecule has 88 valence electrons. The second-order valence-corrected chi connectivity index (χ2v) is 6.09. The number of nitriles is 2. The Kier molecular flexibility index (Phi) is 5.97. The van der Waals surface area contributed by atoms with Crippen molar-refractivity contribution in [3.05, 3.63) is 35.9 Å². The molecule has 2 nitrogen and oxygen atoms in total. The van der Waals surface area contributed by atoms with Crippen molar-refractivity contribution in [3.8, 4) is 10.8 Å². The van der Waals surface area contributed by atoms with Gasteiger partial charge in [-0.05, 0) is 29.1 Å². The van der Waals surface area contributed by atoms with E-state index in [1.54, 1.807) is 0 Å². The first-order chi connectivity index (χ1) is 8.20. The second-order valence-electron chi connectivity index (χ2n) is 3.76. The minimum Gasteiger partial charge on any atom is -0.185 e. The van der Waals surface area contributed by atoms with Crippen molar-refractivity contribution in [2.45, 2.75) is 30.3 Å². The SMILES string of the molecule is CC(SC#N)C(c1ccccc1)C(C)SC#N. The first-order valence-electron chi connectivity index (χ1n) is 5.35. The quantitative estimate of drug-likeness (QED) is 0.753. The minimum absolute atomic E-state index is 0.179. The molecule has 0 aliphatic carbocycles. The number of thioether (sulfide) groups is 2. The molecule has 1 aromatic rings. The summed E-state index contributed by atoms with van der Waals surface area (Å²) in [7, 11) is 0. The van der Waals surface area contributed by atoms with Crippen molar-refractivity contribution < 1.29 is 0 Å². The second kappa shape index (κ2) is 7.27. The van der Waals surface area contributed by atoms with Gasteiger partial charge in [-0.25, -0.2) is 0 Å². The molecule has 0 spiro atoms. The minimum atomic E-state index is 0.179. The summed E-state index contributed by atoms with van der Waals surface area (Å²) in [6.45, 7) is 4.08. The van der Waals surface area contributed by atoms with E-state index in [2.05, 4.69) is 22.9 Å². The highest BCUT2D eigenvalue weighted by Crippen LogP contribution is 2.36. The summed E-state index contributed by atoms with van der Waals surface area (Å²) in [6.07, 6.45) is 0. The third-order valence-electron chi connectivity index (χ3n) is 2.67. The molecule has 0 fully saturated rings. The molecule has 0 aromatic heterocycles. The van der Waals surface area contributed by atoms with Crippen molar-refractivity contribution in [2.75, 3.05) is 0 Å². The molecule has 0 amide bonds. The lowest BCUT2D eigenvalue weighted by Gasteiger charge is -2.26. The van der Waals surface area contributed by atoms with Crippen LogP contribution in [0.25, 0.3) is 0 Å². The van der Waals surface area contributed by atoms with E-state index in [0.29, 0.717) is 0 Å². The Morgan fingerprint density at radius 1 is 0.941 bits per heavy atom. The van der Waals surface area contributed by atoms with Gasteiger partial charge in [-0.2, -0.15) is 10.5 Å². The molecular weight excluding hydrogens is 248 g/mol. The third-order valence-corrected chi connectivity index (χ3v) is 4.21. The Labute approximate surface area is 111 Å². The molecule has 1 rings (SSSR count). The van der Waals surface area contributed by atoms with E-state index in [1.807, 2.05) is 32.0 Å². The Morgan fingerprint density at radius 3 is 1.82 bits per heavy atom. The maximum atomic E-state index is 8.79. The zero-order chi connectivity index (χ0) is 12.7. The predicted octanol–water partition coefficient (Wildman–Crippen LogP) is 3.98. The Hall–Kier alpha value is -1.10. The van der Waals surface area contributed by atoms with Crippen molar-refractivity contribution in [1.29, 1.82) is 10.5 Å². The fourth-order valence-electron chi connectivity index (χ4n) is 1.91. The maximum Gasteiger partial charge on any atom is 0.133 e. The number of rotatable bonds is 5. The van der Waals surface area contributed by atoms with E-state index in [9.17, 15) is 0 Å². The van der Waals surface area contributed by atoms with E-state index in [0.717, 1.165) is 0 Å². The lowest BCUT2D eigenvalue weighted by molar-refractivity contribution is 0.673. The summed E-state index contributed by atoms with van der Waals surface area (Å²) >= 11 is 2.54. The van der Waals surface area contributed by atoms with Crippen LogP contribution < -0.4 is 0 Å². The molecule has 0 radical (unpaired) electrons. The predicted molar refractivity (Wildman–Crippen MR) is 74.5 cm³/mol. The summed E-state index contributed by atoms with van der Waals surface area (Å²) in [5.74, 6) is 0.213. The van der Waals surface area contributed by atoms with Gasteiger partial charge in [0, 0.05) is 16.4 Å². The van der Waals surface area contributed by atoms with Crippen LogP contribution >= 0.6 is 23.5 Å².